The maximum Gasteiger partial charge on any atom is 0.417 e. The van der Waals surface area contributed by atoms with Crippen LogP contribution in [0.1, 0.15) is 20.4 Å². The number of nitrogens with zero attached hydrogens (tertiary/aromatic N) is 2. The molecule has 2 aromatic carbocycles. The van der Waals surface area contributed by atoms with E-state index in [4.69, 9.17) is 0 Å². The van der Waals surface area contributed by atoms with Crippen molar-refractivity contribution >= 4 is 33.0 Å². The van der Waals surface area contributed by atoms with Crippen molar-refractivity contribution in [2.24, 2.45) is 0 Å². The molecule has 1 amide bonds. The first kappa shape index (κ1) is 20.9. The molecule has 0 aliphatic heterocycles. The first-order valence-electron chi connectivity index (χ1n) is 8.01. The average molecular weight is 442 g/mol. The van der Waals surface area contributed by atoms with Crippen LogP contribution in [0.3, 0.4) is 0 Å². The molecule has 0 saturated carbocycles. The third-order valence-corrected chi connectivity index (χ3v) is 5.97. The van der Waals surface area contributed by atoms with Gasteiger partial charge in [0.2, 0.25) is 15.0 Å². The minimum absolute atomic E-state index is 0.0151. The van der Waals surface area contributed by atoms with E-state index in [0.717, 1.165) is 23.5 Å². The smallest absolute Gasteiger partial charge is 0.320 e. The lowest BCUT2D eigenvalue weighted by atomic mass is 10.2. The Kier molecular flexibility index (Phi) is 5.96. The standard InChI is InChI=1S/C17H13F3N4O3S2/c18-17(19,20)12-8-4-5-9-13(12)29(26,27)21-10-14-23-24-16(28-14)15(25)22-11-6-2-1-3-7-11/h1-9,21H,10H2,(H,22,25). The molecule has 0 unspecified atom stereocenters. The summed E-state index contributed by atoms with van der Waals surface area (Å²) in [7, 11) is -4.46. The summed E-state index contributed by atoms with van der Waals surface area (Å²) in [6.45, 7) is -0.412. The summed E-state index contributed by atoms with van der Waals surface area (Å²) in [5.41, 5.74) is -0.730. The third kappa shape index (κ3) is 5.16. The molecule has 0 radical (unpaired) electrons. The summed E-state index contributed by atoms with van der Waals surface area (Å²) in [4.78, 5) is 11.2. The van der Waals surface area contributed by atoms with Crippen molar-refractivity contribution in [3.05, 3.63) is 70.2 Å². The van der Waals surface area contributed by atoms with Crippen molar-refractivity contribution in [3.8, 4) is 0 Å². The number of sulfonamides is 1. The zero-order chi connectivity index (χ0) is 21.1. The summed E-state index contributed by atoms with van der Waals surface area (Å²) in [6.07, 6.45) is -4.82. The number of hydrogen-bond donors (Lipinski definition) is 2. The number of anilines is 1. The quantitative estimate of drug-likeness (QED) is 0.610. The molecule has 0 spiro atoms. The third-order valence-electron chi connectivity index (χ3n) is 3.59. The first-order chi connectivity index (χ1) is 13.7. The highest BCUT2D eigenvalue weighted by Gasteiger charge is 2.36. The number of hydrogen-bond acceptors (Lipinski definition) is 6. The van der Waals surface area contributed by atoms with Crippen molar-refractivity contribution in [2.45, 2.75) is 17.6 Å². The first-order valence-corrected chi connectivity index (χ1v) is 10.3. The number of amides is 1. The lowest BCUT2D eigenvalue weighted by Gasteiger charge is -2.13. The molecule has 1 heterocycles. The number of rotatable bonds is 6. The normalized spacial score (nSPS) is 12.0. The SMILES string of the molecule is O=C(Nc1ccccc1)c1nnc(CNS(=O)(=O)c2ccccc2C(F)(F)F)s1. The minimum Gasteiger partial charge on any atom is -0.320 e. The summed E-state index contributed by atoms with van der Waals surface area (Å²) in [5.74, 6) is -0.537. The topological polar surface area (TPSA) is 101 Å². The van der Waals surface area contributed by atoms with Crippen LogP contribution in [-0.4, -0.2) is 24.5 Å². The summed E-state index contributed by atoms with van der Waals surface area (Å²) < 4.78 is 65.9. The van der Waals surface area contributed by atoms with Gasteiger partial charge < -0.3 is 5.32 Å². The number of carbonyl (C=O) groups is 1. The van der Waals surface area contributed by atoms with E-state index < -0.39 is 39.1 Å². The molecule has 0 bridgehead atoms. The fourth-order valence-electron chi connectivity index (χ4n) is 2.29. The Balaban J connectivity index is 1.70. The fraction of sp³-hybridized carbons (Fsp3) is 0.118. The number of benzene rings is 2. The van der Waals surface area contributed by atoms with E-state index >= 15 is 0 Å². The van der Waals surface area contributed by atoms with E-state index in [1.54, 1.807) is 30.3 Å². The van der Waals surface area contributed by atoms with Gasteiger partial charge in [0, 0.05) is 5.69 Å². The van der Waals surface area contributed by atoms with Gasteiger partial charge in [-0.2, -0.15) is 13.2 Å². The molecule has 3 aromatic rings. The average Bonchev–Trinajstić information content (AvgIpc) is 3.16. The molecule has 2 N–H and O–H groups in total. The van der Waals surface area contributed by atoms with Crippen LogP contribution in [0.15, 0.2) is 59.5 Å². The van der Waals surface area contributed by atoms with Gasteiger partial charge in [-0.25, -0.2) is 13.1 Å². The van der Waals surface area contributed by atoms with Gasteiger partial charge in [0.1, 0.15) is 5.01 Å². The van der Waals surface area contributed by atoms with Crippen molar-refractivity contribution in [3.63, 3.8) is 0 Å². The van der Waals surface area contributed by atoms with Crippen LogP contribution >= 0.6 is 11.3 Å². The number of para-hydroxylation sites is 1. The van der Waals surface area contributed by atoms with Crippen LogP contribution in [0.4, 0.5) is 18.9 Å². The van der Waals surface area contributed by atoms with Crippen LogP contribution < -0.4 is 10.0 Å². The molecule has 0 atom stereocenters. The van der Waals surface area contributed by atoms with E-state index in [0.29, 0.717) is 11.8 Å². The number of nitrogens with one attached hydrogen (secondary N) is 2. The molecule has 12 heteroatoms. The largest absolute Gasteiger partial charge is 0.417 e. The molecule has 3 rings (SSSR count). The van der Waals surface area contributed by atoms with Crippen LogP contribution in [0, 0.1) is 0 Å². The van der Waals surface area contributed by atoms with Crippen molar-refractivity contribution in [2.75, 3.05) is 5.32 Å². The monoisotopic (exact) mass is 442 g/mol. The molecule has 7 nitrogen and oxygen atoms in total. The van der Waals surface area contributed by atoms with Gasteiger partial charge in [-0.1, -0.05) is 41.7 Å². The number of halogens is 3. The number of alkyl halides is 3. The van der Waals surface area contributed by atoms with Gasteiger partial charge >= 0.3 is 6.18 Å². The van der Waals surface area contributed by atoms with E-state index in [-0.39, 0.29) is 10.0 Å². The lowest BCUT2D eigenvalue weighted by Crippen LogP contribution is -2.26. The molecule has 0 aliphatic carbocycles. The maximum absolute atomic E-state index is 13.1. The molecule has 29 heavy (non-hydrogen) atoms. The summed E-state index contributed by atoms with van der Waals surface area (Å²) in [6, 6.07) is 12.4. The van der Waals surface area contributed by atoms with E-state index in [1.165, 1.54) is 6.07 Å². The highest BCUT2D eigenvalue weighted by molar-refractivity contribution is 7.89. The maximum atomic E-state index is 13.1. The van der Waals surface area contributed by atoms with Crippen LogP contribution in [0.2, 0.25) is 0 Å². The Labute approximate surface area is 167 Å². The second kappa shape index (κ2) is 8.27. The minimum atomic E-state index is -4.82. The van der Waals surface area contributed by atoms with Gasteiger partial charge in [-0.15, -0.1) is 10.2 Å². The molecule has 0 aliphatic rings. The Morgan fingerprint density at radius 1 is 1.00 bits per heavy atom. The second-order valence-corrected chi connectivity index (χ2v) is 8.44. The molecule has 1 aromatic heterocycles. The van der Waals surface area contributed by atoms with Crippen molar-refractivity contribution < 1.29 is 26.4 Å². The highest BCUT2D eigenvalue weighted by atomic mass is 32.2. The van der Waals surface area contributed by atoms with Crippen LogP contribution in [-0.2, 0) is 22.7 Å². The van der Waals surface area contributed by atoms with Gasteiger partial charge in [0.05, 0.1) is 17.0 Å². The van der Waals surface area contributed by atoms with E-state index in [1.807, 2.05) is 0 Å². The predicted octanol–water partition coefficient (Wildman–Crippen LogP) is 3.29. The molecule has 152 valence electrons. The fourth-order valence-corrected chi connectivity index (χ4v) is 4.27. The molecular weight excluding hydrogens is 429 g/mol. The molecule has 0 saturated heterocycles. The van der Waals surface area contributed by atoms with Crippen molar-refractivity contribution in [1.82, 2.24) is 14.9 Å². The highest BCUT2D eigenvalue weighted by Crippen LogP contribution is 2.33. The van der Waals surface area contributed by atoms with E-state index in [2.05, 4.69) is 20.2 Å². The van der Waals surface area contributed by atoms with Gasteiger partial charge in [0.25, 0.3) is 5.91 Å². The van der Waals surface area contributed by atoms with Gasteiger partial charge in [-0.3, -0.25) is 4.79 Å². The Bertz CT molecular complexity index is 1120. The Morgan fingerprint density at radius 2 is 1.66 bits per heavy atom. The van der Waals surface area contributed by atoms with Crippen LogP contribution in [0.5, 0.6) is 0 Å². The number of aromatic nitrogens is 2. The van der Waals surface area contributed by atoms with E-state index in [9.17, 15) is 26.4 Å². The Morgan fingerprint density at radius 3 is 2.34 bits per heavy atom. The van der Waals surface area contributed by atoms with Crippen LogP contribution in [0.25, 0.3) is 0 Å². The predicted molar refractivity (Wildman–Crippen MR) is 99.8 cm³/mol. The Hall–Kier alpha value is -2.83. The zero-order valence-corrected chi connectivity index (χ0v) is 16.1. The molecular formula is C17H13F3N4O3S2. The summed E-state index contributed by atoms with van der Waals surface area (Å²) >= 11 is 0.822. The lowest BCUT2D eigenvalue weighted by molar-refractivity contribution is -0.139. The second-order valence-electron chi connectivity index (χ2n) is 5.64. The molecule has 0 fully saturated rings. The zero-order valence-electron chi connectivity index (χ0n) is 14.5. The van der Waals surface area contributed by atoms with Crippen molar-refractivity contribution in [1.29, 1.82) is 0 Å². The number of carbonyl (C=O) groups excluding carboxylic acids is 1. The summed E-state index contributed by atoms with van der Waals surface area (Å²) in [5, 5.41) is 10.1. The van der Waals surface area contributed by atoms with Gasteiger partial charge in [-0.05, 0) is 24.3 Å². The van der Waals surface area contributed by atoms with Gasteiger partial charge in [0.15, 0.2) is 0 Å².